The van der Waals surface area contributed by atoms with E-state index >= 15 is 0 Å². The van der Waals surface area contributed by atoms with E-state index in [2.05, 4.69) is 4.72 Å². The summed E-state index contributed by atoms with van der Waals surface area (Å²) in [6, 6.07) is 18.7. The number of ether oxygens (including phenoxy) is 1. The molecular weight excluding hydrogens is 368 g/mol. The maximum absolute atomic E-state index is 13.0. The molecule has 1 N–H and O–H groups in total. The second-order valence-corrected chi connectivity index (χ2v) is 7.64. The number of hydrogen-bond donors (Lipinski definition) is 1. The number of sulfonamides is 1. The van der Waals surface area contributed by atoms with E-state index in [9.17, 15) is 18.5 Å². The molecule has 0 radical (unpaired) electrons. The van der Waals surface area contributed by atoms with Crippen LogP contribution in [0.3, 0.4) is 0 Å². The van der Waals surface area contributed by atoms with Gasteiger partial charge in [-0.15, -0.1) is 0 Å². The van der Waals surface area contributed by atoms with Crippen molar-refractivity contribution < 1.29 is 18.1 Å². The Balaban J connectivity index is 1.82. The summed E-state index contributed by atoms with van der Waals surface area (Å²) >= 11 is 0. The fourth-order valence-electron chi connectivity index (χ4n) is 3.09. The Labute approximate surface area is 155 Å². The van der Waals surface area contributed by atoms with Crippen molar-refractivity contribution in [3.8, 4) is 11.5 Å². The minimum Gasteiger partial charge on any atom is -0.457 e. The van der Waals surface area contributed by atoms with Gasteiger partial charge in [0, 0.05) is 17.2 Å². The van der Waals surface area contributed by atoms with Gasteiger partial charge in [0.15, 0.2) is 4.90 Å². The number of nitro groups is 1. The number of nitrogens with zero attached hydrogens (tertiary/aromatic N) is 1. The highest BCUT2D eigenvalue weighted by molar-refractivity contribution is 7.89. The molecule has 27 heavy (non-hydrogen) atoms. The van der Waals surface area contributed by atoms with Crippen LogP contribution in [-0.4, -0.2) is 13.3 Å². The number of benzene rings is 3. The SMILES string of the molecule is O=[N+]([O-])c1ccccc1S(=O)(=O)NC1c2ccccc2Oc2ccccc21. The van der Waals surface area contributed by atoms with E-state index in [4.69, 9.17) is 4.74 Å². The number of nitro benzene ring substituents is 1. The standard InChI is InChI=1S/C19H14N2O5S/c22-21(23)15-9-3-6-12-18(15)27(24,25)20-19-13-7-1-4-10-16(13)26-17-11-5-2-8-14(17)19/h1-12,19-20H. The molecule has 4 rings (SSSR count). The van der Waals surface area contributed by atoms with Crippen molar-refractivity contribution in [3.63, 3.8) is 0 Å². The van der Waals surface area contributed by atoms with Crippen LogP contribution in [0.5, 0.6) is 11.5 Å². The fourth-order valence-corrected chi connectivity index (χ4v) is 4.46. The van der Waals surface area contributed by atoms with Gasteiger partial charge in [0.25, 0.3) is 5.69 Å². The van der Waals surface area contributed by atoms with Crippen LogP contribution in [0, 0.1) is 10.1 Å². The van der Waals surface area contributed by atoms with Gasteiger partial charge in [0.05, 0.1) is 11.0 Å². The Kier molecular flexibility index (Phi) is 4.14. The molecule has 0 spiro atoms. The van der Waals surface area contributed by atoms with Crippen molar-refractivity contribution >= 4 is 15.7 Å². The number of hydrogen-bond acceptors (Lipinski definition) is 5. The van der Waals surface area contributed by atoms with Gasteiger partial charge < -0.3 is 4.74 Å². The van der Waals surface area contributed by atoms with E-state index < -0.39 is 26.7 Å². The molecule has 8 heteroatoms. The zero-order chi connectivity index (χ0) is 19.0. The molecule has 1 aliphatic heterocycles. The Hall–Kier alpha value is -3.23. The molecule has 0 amide bonds. The molecule has 0 fully saturated rings. The minimum absolute atomic E-state index is 0.378. The van der Waals surface area contributed by atoms with Gasteiger partial charge in [-0.2, -0.15) is 4.72 Å². The summed E-state index contributed by atoms with van der Waals surface area (Å²) in [5.41, 5.74) is 0.801. The molecular formula is C19H14N2O5S. The molecule has 0 aliphatic carbocycles. The van der Waals surface area contributed by atoms with Crippen LogP contribution < -0.4 is 9.46 Å². The first-order chi connectivity index (χ1) is 13.0. The first kappa shape index (κ1) is 17.2. The zero-order valence-corrected chi connectivity index (χ0v) is 14.7. The third kappa shape index (κ3) is 3.05. The molecule has 0 saturated carbocycles. The summed E-state index contributed by atoms with van der Waals surface area (Å²) in [6.07, 6.45) is 0. The van der Waals surface area contributed by atoms with Crippen molar-refractivity contribution in [2.24, 2.45) is 0 Å². The minimum atomic E-state index is -4.17. The molecule has 0 unspecified atom stereocenters. The van der Waals surface area contributed by atoms with Gasteiger partial charge >= 0.3 is 0 Å². The number of para-hydroxylation sites is 3. The number of rotatable bonds is 4. The molecule has 0 saturated heterocycles. The van der Waals surface area contributed by atoms with E-state index in [0.717, 1.165) is 0 Å². The lowest BCUT2D eigenvalue weighted by molar-refractivity contribution is -0.387. The second kappa shape index (κ2) is 6.49. The van der Waals surface area contributed by atoms with E-state index in [0.29, 0.717) is 22.6 Å². The Morgan fingerprint density at radius 2 is 1.37 bits per heavy atom. The van der Waals surface area contributed by atoms with E-state index in [1.54, 1.807) is 48.5 Å². The lowest BCUT2D eigenvalue weighted by Crippen LogP contribution is -2.31. The predicted octanol–water partition coefficient (Wildman–Crippen LogP) is 3.77. The van der Waals surface area contributed by atoms with Gasteiger partial charge in [0.2, 0.25) is 10.0 Å². The highest BCUT2D eigenvalue weighted by Crippen LogP contribution is 2.43. The van der Waals surface area contributed by atoms with Gasteiger partial charge in [-0.05, 0) is 18.2 Å². The molecule has 3 aromatic carbocycles. The Morgan fingerprint density at radius 1 is 0.852 bits per heavy atom. The molecule has 1 aliphatic rings. The van der Waals surface area contributed by atoms with Crippen LogP contribution in [-0.2, 0) is 10.0 Å². The normalized spacial score (nSPS) is 13.3. The van der Waals surface area contributed by atoms with Gasteiger partial charge in [-0.25, -0.2) is 8.42 Å². The largest absolute Gasteiger partial charge is 0.457 e. The van der Waals surface area contributed by atoms with Gasteiger partial charge in [0.1, 0.15) is 11.5 Å². The van der Waals surface area contributed by atoms with Crippen LogP contribution in [0.25, 0.3) is 0 Å². The maximum atomic E-state index is 13.0. The monoisotopic (exact) mass is 382 g/mol. The molecule has 0 atom stereocenters. The summed E-state index contributed by atoms with van der Waals surface area (Å²) in [5, 5.41) is 11.3. The summed E-state index contributed by atoms with van der Waals surface area (Å²) in [4.78, 5) is 10.2. The first-order valence-corrected chi connectivity index (χ1v) is 9.57. The third-order valence-electron chi connectivity index (χ3n) is 4.30. The van der Waals surface area contributed by atoms with Crippen molar-refractivity contribution in [3.05, 3.63) is 94.0 Å². The first-order valence-electron chi connectivity index (χ1n) is 8.09. The van der Waals surface area contributed by atoms with Crippen LogP contribution in [0.15, 0.2) is 77.7 Å². The lowest BCUT2D eigenvalue weighted by Gasteiger charge is -2.28. The summed E-state index contributed by atoms with van der Waals surface area (Å²) in [5.74, 6) is 1.07. The average Bonchev–Trinajstić information content (AvgIpc) is 2.67. The summed E-state index contributed by atoms with van der Waals surface area (Å²) in [7, 11) is -4.17. The predicted molar refractivity (Wildman–Crippen MR) is 98.2 cm³/mol. The Morgan fingerprint density at radius 3 is 1.96 bits per heavy atom. The fraction of sp³-hybridized carbons (Fsp3) is 0.0526. The van der Waals surface area contributed by atoms with E-state index in [-0.39, 0.29) is 4.90 Å². The van der Waals surface area contributed by atoms with E-state index in [1.165, 1.54) is 24.3 Å². The quantitative estimate of drug-likeness (QED) is 0.547. The average molecular weight is 382 g/mol. The van der Waals surface area contributed by atoms with Crippen molar-refractivity contribution in [2.75, 3.05) is 0 Å². The van der Waals surface area contributed by atoms with E-state index in [1.807, 2.05) is 0 Å². The van der Waals surface area contributed by atoms with Crippen molar-refractivity contribution in [1.82, 2.24) is 4.72 Å². The molecule has 0 aromatic heterocycles. The van der Waals surface area contributed by atoms with Crippen LogP contribution in [0.2, 0.25) is 0 Å². The topological polar surface area (TPSA) is 98.5 Å². The molecule has 1 heterocycles. The van der Waals surface area contributed by atoms with Crippen LogP contribution in [0.1, 0.15) is 17.2 Å². The number of fused-ring (bicyclic) bond motifs is 2. The molecule has 7 nitrogen and oxygen atoms in total. The lowest BCUT2D eigenvalue weighted by atomic mass is 9.95. The summed E-state index contributed by atoms with van der Waals surface area (Å²) in [6.45, 7) is 0. The van der Waals surface area contributed by atoms with Crippen molar-refractivity contribution in [1.29, 1.82) is 0 Å². The maximum Gasteiger partial charge on any atom is 0.289 e. The Bertz CT molecular complexity index is 1100. The van der Waals surface area contributed by atoms with Crippen LogP contribution >= 0.6 is 0 Å². The van der Waals surface area contributed by atoms with Crippen LogP contribution in [0.4, 0.5) is 5.69 Å². The molecule has 0 bridgehead atoms. The molecule has 136 valence electrons. The van der Waals surface area contributed by atoms with Crippen molar-refractivity contribution in [2.45, 2.75) is 10.9 Å². The third-order valence-corrected chi connectivity index (χ3v) is 5.77. The highest BCUT2D eigenvalue weighted by Gasteiger charge is 2.33. The smallest absolute Gasteiger partial charge is 0.289 e. The van der Waals surface area contributed by atoms with Gasteiger partial charge in [-0.1, -0.05) is 48.5 Å². The number of nitrogens with one attached hydrogen (secondary N) is 1. The second-order valence-electron chi connectivity index (χ2n) is 5.96. The zero-order valence-electron chi connectivity index (χ0n) is 13.9. The highest BCUT2D eigenvalue weighted by atomic mass is 32.2. The molecule has 3 aromatic rings. The van der Waals surface area contributed by atoms with Gasteiger partial charge in [-0.3, -0.25) is 10.1 Å². The summed E-state index contributed by atoms with van der Waals surface area (Å²) < 4.78 is 34.4.